The summed E-state index contributed by atoms with van der Waals surface area (Å²) in [5.41, 5.74) is 0. The summed E-state index contributed by atoms with van der Waals surface area (Å²) in [4.78, 5) is 2.26. The SMILES string of the molecule is CC(C)CC(CCCO)N(C)C. The van der Waals surface area contributed by atoms with Crippen LogP contribution in [0.1, 0.15) is 33.1 Å². The van der Waals surface area contributed by atoms with Crippen molar-refractivity contribution in [1.82, 2.24) is 4.90 Å². The molecule has 0 aromatic carbocycles. The lowest BCUT2D eigenvalue weighted by Gasteiger charge is -2.25. The molecule has 0 heterocycles. The first kappa shape index (κ1) is 11.9. The van der Waals surface area contributed by atoms with Gasteiger partial charge in [0.2, 0.25) is 0 Å². The van der Waals surface area contributed by atoms with Crippen molar-refractivity contribution in [2.75, 3.05) is 20.7 Å². The van der Waals surface area contributed by atoms with Gasteiger partial charge < -0.3 is 10.0 Å². The van der Waals surface area contributed by atoms with Gasteiger partial charge in [-0.2, -0.15) is 0 Å². The Morgan fingerprint density at radius 2 is 1.83 bits per heavy atom. The first-order chi connectivity index (χ1) is 5.57. The van der Waals surface area contributed by atoms with Crippen LogP contribution < -0.4 is 0 Å². The molecule has 0 radical (unpaired) electrons. The second-order valence-electron chi connectivity index (χ2n) is 4.11. The molecule has 0 aliphatic rings. The first-order valence-electron chi connectivity index (χ1n) is 4.85. The molecule has 0 aromatic rings. The lowest BCUT2D eigenvalue weighted by atomic mass is 9.99. The Labute approximate surface area is 76.6 Å². The van der Waals surface area contributed by atoms with Crippen LogP contribution in [0.2, 0.25) is 0 Å². The fourth-order valence-corrected chi connectivity index (χ4v) is 1.46. The fourth-order valence-electron chi connectivity index (χ4n) is 1.46. The van der Waals surface area contributed by atoms with Gasteiger partial charge in [-0.1, -0.05) is 13.8 Å². The molecular weight excluding hydrogens is 150 g/mol. The highest BCUT2D eigenvalue weighted by molar-refractivity contribution is 4.67. The average molecular weight is 173 g/mol. The summed E-state index contributed by atoms with van der Waals surface area (Å²) in [5, 5.41) is 8.71. The molecule has 0 aliphatic carbocycles. The molecule has 0 amide bonds. The van der Waals surface area contributed by atoms with Crippen LogP contribution in [-0.2, 0) is 0 Å². The highest BCUT2D eigenvalue weighted by atomic mass is 16.2. The topological polar surface area (TPSA) is 23.5 Å². The van der Waals surface area contributed by atoms with E-state index in [1.54, 1.807) is 0 Å². The van der Waals surface area contributed by atoms with Crippen molar-refractivity contribution in [2.24, 2.45) is 5.92 Å². The van der Waals surface area contributed by atoms with Crippen LogP contribution in [0, 0.1) is 5.92 Å². The number of aliphatic hydroxyl groups is 1. The molecular formula is C10H23NO. The third kappa shape index (κ3) is 5.56. The zero-order chi connectivity index (χ0) is 9.56. The Bertz CT molecular complexity index is 102. The van der Waals surface area contributed by atoms with Crippen molar-refractivity contribution >= 4 is 0 Å². The number of rotatable bonds is 6. The van der Waals surface area contributed by atoms with E-state index in [1.165, 1.54) is 6.42 Å². The third-order valence-electron chi connectivity index (χ3n) is 2.17. The van der Waals surface area contributed by atoms with Crippen LogP contribution in [0.4, 0.5) is 0 Å². The number of aliphatic hydroxyl groups excluding tert-OH is 1. The average Bonchev–Trinajstić information content (AvgIpc) is 1.96. The van der Waals surface area contributed by atoms with Crippen LogP contribution in [0.25, 0.3) is 0 Å². The summed E-state index contributed by atoms with van der Waals surface area (Å²) in [6.07, 6.45) is 3.27. The van der Waals surface area contributed by atoms with Crippen molar-refractivity contribution in [3.05, 3.63) is 0 Å². The Balaban J connectivity index is 3.70. The number of hydrogen-bond acceptors (Lipinski definition) is 2. The molecule has 74 valence electrons. The van der Waals surface area contributed by atoms with Crippen LogP contribution in [0.3, 0.4) is 0 Å². The van der Waals surface area contributed by atoms with Gasteiger partial charge in [0.15, 0.2) is 0 Å². The van der Waals surface area contributed by atoms with E-state index >= 15 is 0 Å². The minimum absolute atomic E-state index is 0.322. The summed E-state index contributed by atoms with van der Waals surface area (Å²) in [7, 11) is 4.23. The summed E-state index contributed by atoms with van der Waals surface area (Å²) in [6, 6.07) is 0.636. The van der Waals surface area contributed by atoms with Gasteiger partial charge in [0, 0.05) is 12.6 Å². The summed E-state index contributed by atoms with van der Waals surface area (Å²) in [5.74, 6) is 0.746. The molecule has 1 atom stereocenters. The summed E-state index contributed by atoms with van der Waals surface area (Å²) in [6.45, 7) is 4.81. The van der Waals surface area contributed by atoms with Gasteiger partial charge in [-0.05, 0) is 39.3 Å². The monoisotopic (exact) mass is 173 g/mol. The van der Waals surface area contributed by atoms with Crippen LogP contribution in [0.15, 0.2) is 0 Å². The zero-order valence-electron chi connectivity index (χ0n) is 8.88. The minimum atomic E-state index is 0.322. The molecule has 0 saturated carbocycles. The molecule has 0 rings (SSSR count). The van der Waals surface area contributed by atoms with E-state index in [2.05, 4.69) is 32.8 Å². The van der Waals surface area contributed by atoms with Crippen molar-refractivity contribution in [2.45, 2.75) is 39.2 Å². The van der Waals surface area contributed by atoms with Crippen molar-refractivity contribution in [1.29, 1.82) is 0 Å². The van der Waals surface area contributed by atoms with E-state index in [0.29, 0.717) is 12.6 Å². The zero-order valence-corrected chi connectivity index (χ0v) is 8.88. The van der Waals surface area contributed by atoms with E-state index in [4.69, 9.17) is 5.11 Å². The van der Waals surface area contributed by atoms with E-state index in [-0.39, 0.29) is 0 Å². The number of nitrogens with zero attached hydrogens (tertiary/aromatic N) is 1. The third-order valence-corrected chi connectivity index (χ3v) is 2.17. The van der Waals surface area contributed by atoms with Gasteiger partial charge in [0.1, 0.15) is 0 Å². The van der Waals surface area contributed by atoms with Crippen LogP contribution in [-0.4, -0.2) is 36.8 Å². The van der Waals surface area contributed by atoms with E-state index in [1.807, 2.05) is 0 Å². The fraction of sp³-hybridized carbons (Fsp3) is 1.00. The molecule has 1 unspecified atom stereocenters. The Morgan fingerprint density at radius 3 is 2.17 bits per heavy atom. The second kappa shape index (κ2) is 6.44. The molecule has 0 spiro atoms. The Hall–Kier alpha value is -0.0800. The first-order valence-corrected chi connectivity index (χ1v) is 4.85. The van der Waals surface area contributed by atoms with E-state index < -0.39 is 0 Å². The molecule has 2 nitrogen and oxygen atoms in total. The minimum Gasteiger partial charge on any atom is -0.396 e. The molecule has 0 saturated heterocycles. The van der Waals surface area contributed by atoms with Crippen molar-refractivity contribution in [3.8, 4) is 0 Å². The van der Waals surface area contributed by atoms with Gasteiger partial charge in [-0.3, -0.25) is 0 Å². The quantitative estimate of drug-likeness (QED) is 0.661. The predicted octanol–water partition coefficient (Wildman–Crippen LogP) is 1.74. The van der Waals surface area contributed by atoms with Crippen molar-refractivity contribution in [3.63, 3.8) is 0 Å². The summed E-state index contributed by atoms with van der Waals surface area (Å²) >= 11 is 0. The highest BCUT2D eigenvalue weighted by Gasteiger charge is 2.11. The normalized spacial score (nSPS) is 14.2. The molecule has 0 aliphatic heterocycles. The predicted molar refractivity (Wildman–Crippen MR) is 53.2 cm³/mol. The molecule has 0 aromatic heterocycles. The number of hydrogen-bond donors (Lipinski definition) is 1. The maximum absolute atomic E-state index is 8.71. The molecule has 12 heavy (non-hydrogen) atoms. The van der Waals surface area contributed by atoms with Gasteiger partial charge in [-0.15, -0.1) is 0 Å². The van der Waals surface area contributed by atoms with E-state index in [0.717, 1.165) is 18.8 Å². The molecule has 0 bridgehead atoms. The maximum atomic E-state index is 8.71. The van der Waals surface area contributed by atoms with Gasteiger partial charge >= 0.3 is 0 Å². The molecule has 1 N–H and O–H groups in total. The lowest BCUT2D eigenvalue weighted by molar-refractivity contribution is 0.212. The second-order valence-corrected chi connectivity index (χ2v) is 4.11. The van der Waals surface area contributed by atoms with Crippen LogP contribution >= 0.6 is 0 Å². The van der Waals surface area contributed by atoms with Crippen LogP contribution in [0.5, 0.6) is 0 Å². The van der Waals surface area contributed by atoms with Crippen molar-refractivity contribution < 1.29 is 5.11 Å². The summed E-state index contributed by atoms with van der Waals surface area (Å²) < 4.78 is 0. The van der Waals surface area contributed by atoms with Gasteiger partial charge in [-0.25, -0.2) is 0 Å². The Morgan fingerprint density at radius 1 is 1.25 bits per heavy atom. The Kier molecular flexibility index (Phi) is 6.39. The maximum Gasteiger partial charge on any atom is 0.0431 e. The smallest absolute Gasteiger partial charge is 0.0431 e. The highest BCUT2D eigenvalue weighted by Crippen LogP contribution is 2.13. The van der Waals surface area contributed by atoms with E-state index in [9.17, 15) is 0 Å². The lowest BCUT2D eigenvalue weighted by Crippen LogP contribution is -2.29. The largest absolute Gasteiger partial charge is 0.396 e. The molecule has 2 heteroatoms. The van der Waals surface area contributed by atoms with Gasteiger partial charge in [0.25, 0.3) is 0 Å². The molecule has 0 fully saturated rings. The van der Waals surface area contributed by atoms with Gasteiger partial charge in [0.05, 0.1) is 0 Å². The standard InChI is InChI=1S/C10H23NO/c1-9(2)8-10(11(3)4)6-5-7-12/h9-10,12H,5-8H2,1-4H3.